The number of primary amides is 1. The Labute approximate surface area is 70.0 Å². The Hall–Kier alpha value is -1.02. The van der Waals surface area contributed by atoms with Crippen molar-refractivity contribution in [3.05, 3.63) is 34.3 Å². The second-order valence-electron chi connectivity index (χ2n) is 2.32. The molecule has 0 atom stereocenters. The van der Waals surface area contributed by atoms with Gasteiger partial charge in [0, 0.05) is 10.6 Å². The van der Waals surface area contributed by atoms with Gasteiger partial charge in [0.05, 0.1) is 0 Å². The van der Waals surface area contributed by atoms with Crippen molar-refractivity contribution < 1.29 is 4.79 Å². The van der Waals surface area contributed by atoms with Crippen molar-refractivity contribution in [1.82, 2.24) is 0 Å². The first-order chi connectivity index (χ1) is 5.11. The lowest BCUT2D eigenvalue weighted by atomic mass is 10.1. The Morgan fingerprint density at radius 2 is 2.18 bits per heavy atom. The molecule has 0 aliphatic rings. The highest BCUT2D eigenvalue weighted by atomic mass is 35.5. The van der Waals surface area contributed by atoms with Crippen LogP contribution in [0.4, 0.5) is 0 Å². The fraction of sp³-hybridized carbons (Fsp3) is 0.125. The van der Waals surface area contributed by atoms with E-state index in [4.69, 9.17) is 17.3 Å². The molecule has 0 saturated carbocycles. The van der Waals surface area contributed by atoms with Gasteiger partial charge in [0.1, 0.15) is 0 Å². The topological polar surface area (TPSA) is 43.1 Å². The minimum Gasteiger partial charge on any atom is -0.366 e. The van der Waals surface area contributed by atoms with E-state index in [-0.39, 0.29) is 0 Å². The lowest BCUT2D eigenvalue weighted by Crippen LogP contribution is -2.12. The van der Waals surface area contributed by atoms with Crippen molar-refractivity contribution in [3.8, 4) is 0 Å². The van der Waals surface area contributed by atoms with Gasteiger partial charge in [-0.25, -0.2) is 0 Å². The van der Waals surface area contributed by atoms with Crippen LogP contribution in [-0.4, -0.2) is 5.91 Å². The van der Waals surface area contributed by atoms with E-state index in [0.29, 0.717) is 10.6 Å². The standard InChI is InChI=1S/C8H8ClNO/c1-5-2-3-6(9)4-7(5)8(10)11/h2-4H,1H3,(H2,10,11). The van der Waals surface area contributed by atoms with Gasteiger partial charge < -0.3 is 5.73 Å². The number of nitrogens with two attached hydrogens (primary N) is 1. The molecule has 0 unspecified atom stereocenters. The van der Waals surface area contributed by atoms with Crippen molar-refractivity contribution in [1.29, 1.82) is 0 Å². The maximum atomic E-state index is 10.7. The van der Waals surface area contributed by atoms with E-state index < -0.39 is 5.91 Å². The summed E-state index contributed by atoms with van der Waals surface area (Å²) in [5.41, 5.74) is 6.42. The maximum Gasteiger partial charge on any atom is 0.249 e. The molecule has 0 spiro atoms. The first-order valence-electron chi connectivity index (χ1n) is 3.17. The average molecular weight is 170 g/mol. The molecule has 1 aromatic rings. The molecule has 11 heavy (non-hydrogen) atoms. The summed E-state index contributed by atoms with van der Waals surface area (Å²) in [5.74, 6) is -0.440. The molecule has 2 N–H and O–H groups in total. The zero-order valence-corrected chi connectivity index (χ0v) is 6.85. The van der Waals surface area contributed by atoms with Crippen LogP contribution >= 0.6 is 11.6 Å². The van der Waals surface area contributed by atoms with Crippen molar-refractivity contribution in [2.75, 3.05) is 0 Å². The molecule has 0 heterocycles. The summed E-state index contributed by atoms with van der Waals surface area (Å²) >= 11 is 5.65. The molecule has 0 aliphatic carbocycles. The van der Waals surface area contributed by atoms with Crippen LogP contribution in [0.3, 0.4) is 0 Å². The maximum absolute atomic E-state index is 10.7. The largest absolute Gasteiger partial charge is 0.366 e. The number of amides is 1. The van der Waals surface area contributed by atoms with E-state index in [0.717, 1.165) is 5.56 Å². The molecule has 1 aromatic carbocycles. The summed E-state index contributed by atoms with van der Waals surface area (Å²) in [7, 11) is 0. The van der Waals surface area contributed by atoms with Gasteiger partial charge in [-0.05, 0) is 24.6 Å². The molecule has 0 aromatic heterocycles. The third-order valence-electron chi connectivity index (χ3n) is 1.47. The fourth-order valence-electron chi connectivity index (χ4n) is 0.860. The van der Waals surface area contributed by atoms with E-state index in [1.165, 1.54) is 0 Å². The molecule has 0 radical (unpaired) electrons. The molecular weight excluding hydrogens is 162 g/mol. The summed E-state index contributed by atoms with van der Waals surface area (Å²) in [6.45, 7) is 1.82. The van der Waals surface area contributed by atoms with Gasteiger partial charge in [-0.1, -0.05) is 17.7 Å². The minimum atomic E-state index is -0.440. The lowest BCUT2D eigenvalue weighted by molar-refractivity contribution is 0.0999. The molecule has 3 heteroatoms. The number of hydrogen-bond acceptors (Lipinski definition) is 1. The third kappa shape index (κ3) is 1.71. The normalized spacial score (nSPS) is 9.64. The molecule has 1 amide bonds. The molecule has 0 saturated heterocycles. The predicted octanol–water partition coefficient (Wildman–Crippen LogP) is 1.75. The SMILES string of the molecule is Cc1ccc(Cl)cc1C(N)=O. The molecule has 0 bridgehead atoms. The molecule has 2 nitrogen and oxygen atoms in total. The second kappa shape index (κ2) is 2.93. The zero-order chi connectivity index (χ0) is 8.43. The summed E-state index contributed by atoms with van der Waals surface area (Å²) in [4.78, 5) is 10.7. The number of benzene rings is 1. The van der Waals surface area contributed by atoms with Gasteiger partial charge >= 0.3 is 0 Å². The van der Waals surface area contributed by atoms with Crippen LogP contribution in [-0.2, 0) is 0 Å². The van der Waals surface area contributed by atoms with Crippen molar-refractivity contribution >= 4 is 17.5 Å². The number of hydrogen-bond donors (Lipinski definition) is 1. The van der Waals surface area contributed by atoms with E-state index in [9.17, 15) is 4.79 Å². The quantitative estimate of drug-likeness (QED) is 0.684. The molecule has 0 aliphatic heterocycles. The van der Waals surface area contributed by atoms with Crippen LogP contribution in [0.15, 0.2) is 18.2 Å². The highest BCUT2D eigenvalue weighted by molar-refractivity contribution is 6.31. The van der Waals surface area contributed by atoms with Gasteiger partial charge in [-0.3, -0.25) is 4.79 Å². The molecule has 58 valence electrons. The first kappa shape index (κ1) is 8.08. The van der Waals surface area contributed by atoms with Crippen molar-refractivity contribution in [2.45, 2.75) is 6.92 Å². The first-order valence-corrected chi connectivity index (χ1v) is 3.55. The number of halogens is 1. The van der Waals surface area contributed by atoms with Crippen molar-refractivity contribution in [3.63, 3.8) is 0 Å². The predicted molar refractivity (Wildman–Crippen MR) is 44.7 cm³/mol. The van der Waals surface area contributed by atoms with Crippen LogP contribution < -0.4 is 5.73 Å². The monoisotopic (exact) mass is 169 g/mol. The fourth-order valence-corrected chi connectivity index (χ4v) is 1.03. The van der Waals surface area contributed by atoms with Gasteiger partial charge in [-0.15, -0.1) is 0 Å². The molecule has 0 fully saturated rings. The molecular formula is C8H8ClNO. The highest BCUT2D eigenvalue weighted by Gasteiger charge is 2.03. The van der Waals surface area contributed by atoms with E-state index >= 15 is 0 Å². The van der Waals surface area contributed by atoms with Crippen molar-refractivity contribution in [2.24, 2.45) is 5.73 Å². The summed E-state index contributed by atoms with van der Waals surface area (Å²) in [6.07, 6.45) is 0. The summed E-state index contributed by atoms with van der Waals surface area (Å²) in [5, 5.41) is 0.532. The number of rotatable bonds is 1. The van der Waals surface area contributed by atoms with Gasteiger partial charge in [0.25, 0.3) is 0 Å². The Morgan fingerprint density at radius 1 is 1.55 bits per heavy atom. The molecule has 1 rings (SSSR count). The smallest absolute Gasteiger partial charge is 0.249 e. The van der Waals surface area contributed by atoms with Crippen LogP contribution in [0, 0.1) is 6.92 Å². The van der Waals surface area contributed by atoms with Crippen LogP contribution in [0.25, 0.3) is 0 Å². The Bertz CT molecular complexity index is 296. The van der Waals surface area contributed by atoms with Crippen LogP contribution in [0.1, 0.15) is 15.9 Å². The lowest BCUT2D eigenvalue weighted by Gasteiger charge is -2.00. The Balaban J connectivity index is 3.23. The van der Waals surface area contributed by atoms with Gasteiger partial charge in [-0.2, -0.15) is 0 Å². The zero-order valence-electron chi connectivity index (χ0n) is 6.10. The minimum absolute atomic E-state index is 0.440. The van der Waals surface area contributed by atoms with Gasteiger partial charge in [0.2, 0.25) is 5.91 Å². The average Bonchev–Trinajstić information content (AvgIpc) is 1.94. The van der Waals surface area contributed by atoms with E-state index in [1.807, 2.05) is 6.92 Å². The summed E-state index contributed by atoms with van der Waals surface area (Å²) < 4.78 is 0. The number of carbonyl (C=O) groups is 1. The summed E-state index contributed by atoms with van der Waals surface area (Å²) in [6, 6.07) is 5.06. The van der Waals surface area contributed by atoms with Crippen LogP contribution in [0.2, 0.25) is 5.02 Å². The van der Waals surface area contributed by atoms with Crippen LogP contribution in [0.5, 0.6) is 0 Å². The third-order valence-corrected chi connectivity index (χ3v) is 1.70. The number of aryl methyl sites for hydroxylation is 1. The Kier molecular flexibility index (Phi) is 2.15. The Morgan fingerprint density at radius 3 is 2.64 bits per heavy atom. The van der Waals surface area contributed by atoms with E-state index in [2.05, 4.69) is 0 Å². The number of carbonyl (C=O) groups excluding carboxylic acids is 1. The highest BCUT2D eigenvalue weighted by Crippen LogP contribution is 2.14. The second-order valence-corrected chi connectivity index (χ2v) is 2.76. The van der Waals surface area contributed by atoms with E-state index in [1.54, 1.807) is 18.2 Å². The van der Waals surface area contributed by atoms with Gasteiger partial charge in [0.15, 0.2) is 0 Å².